The van der Waals surface area contributed by atoms with Crippen LogP contribution >= 0.6 is 12.4 Å². The number of phenols is 1. The van der Waals surface area contributed by atoms with Crippen molar-refractivity contribution in [2.45, 2.75) is 71.8 Å². The lowest BCUT2D eigenvalue weighted by atomic mass is 9.55. The lowest BCUT2D eigenvalue weighted by Crippen LogP contribution is -2.42. The summed E-state index contributed by atoms with van der Waals surface area (Å²) < 4.78 is 0. The molecule has 0 aromatic heterocycles. The van der Waals surface area contributed by atoms with Crippen LogP contribution in [0.4, 0.5) is 0 Å². The normalized spacial score (nSPS) is 31.9. The van der Waals surface area contributed by atoms with Gasteiger partial charge in [-0.2, -0.15) is 0 Å². The topological polar surface area (TPSA) is 40.5 Å². The Morgan fingerprint density at radius 3 is 2.59 bits per heavy atom. The van der Waals surface area contributed by atoms with Gasteiger partial charge in [0.1, 0.15) is 11.5 Å². The molecular formula is C23H34ClNO2. The van der Waals surface area contributed by atoms with Gasteiger partial charge in [0.25, 0.3) is 0 Å². The van der Waals surface area contributed by atoms with Gasteiger partial charge in [-0.3, -0.25) is 9.69 Å². The first-order chi connectivity index (χ1) is 12.5. The summed E-state index contributed by atoms with van der Waals surface area (Å²) in [5.41, 5.74) is 3.84. The number of rotatable bonds is 4. The first-order valence-corrected chi connectivity index (χ1v) is 10.6. The largest absolute Gasteiger partial charge is 0.508 e. The number of Topliss-reactive ketones (excluding diaryl/α,β-unsaturated/α-hetero) is 1. The first-order valence-electron chi connectivity index (χ1n) is 10.6. The average Bonchev–Trinajstić information content (AvgIpc) is 2.95. The average molecular weight is 392 g/mol. The molecule has 0 unspecified atom stereocenters. The zero-order valence-electron chi connectivity index (χ0n) is 17.0. The summed E-state index contributed by atoms with van der Waals surface area (Å²) in [5.74, 6) is 2.78. The lowest BCUT2D eigenvalue weighted by Gasteiger charge is -2.48. The van der Waals surface area contributed by atoms with Crippen molar-refractivity contribution in [1.82, 2.24) is 4.90 Å². The van der Waals surface area contributed by atoms with Gasteiger partial charge in [0.2, 0.25) is 0 Å². The van der Waals surface area contributed by atoms with Crippen molar-refractivity contribution >= 4 is 18.2 Å². The molecule has 0 spiro atoms. The van der Waals surface area contributed by atoms with E-state index < -0.39 is 0 Å². The highest BCUT2D eigenvalue weighted by Crippen LogP contribution is 2.59. The summed E-state index contributed by atoms with van der Waals surface area (Å²) in [4.78, 5) is 14.9. The van der Waals surface area contributed by atoms with Gasteiger partial charge < -0.3 is 5.11 Å². The number of carbonyl (C=O) groups excluding carboxylic acids is 1. The van der Waals surface area contributed by atoms with E-state index in [1.807, 2.05) is 6.07 Å². The van der Waals surface area contributed by atoms with Gasteiger partial charge in [-0.05, 0) is 80.1 Å². The van der Waals surface area contributed by atoms with Crippen LogP contribution in [0.3, 0.4) is 0 Å². The van der Waals surface area contributed by atoms with Crippen molar-refractivity contribution in [2.24, 2.45) is 17.3 Å². The smallest absolute Gasteiger partial charge is 0.139 e. The maximum absolute atomic E-state index is 12.5. The van der Waals surface area contributed by atoms with Crippen molar-refractivity contribution in [3.05, 3.63) is 28.8 Å². The molecular weight excluding hydrogens is 358 g/mol. The van der Waals surface area contributed by atoms with Crippen LogP contribution in [0.5, 0.6) is 5.75 Å². The zero-order valence-corrected chi connectivity index (χ0v) is 17.8. The number of carbonyl (C=O) groups is 1. The molecule has 2 saturated carbocycles. The SMILES string of the molecule is CCN(CC)Cc1cc2c(cc1O)CC[C@@H]1[C@@H]2CC[C@]2(C)C(=O)CC[C@@H]12.Cl. The second-order valence-electron chi connectivity index (χ2n) is 8.97. The fourth-order valence-electron chi connectivity index (χ4n) is 6.24. The molecule has 3 aliphatic carbocycles. The van der Waals surface area contributed by atoms with E-state index in [1.54, 1.807) is 0 Å². The number of ketones is 1. The van der Waals surface area contributed by atoms with Gasteiger partial charge in [0.05, 0.1) is 0 Å². The minimum absolute atomic E-state index is 0. The summed E-state index contributed by atoms with van der Waals surface area (Å²) in [7, 11) is 0. The number of benzene rings is 1. The van der Waals surface area contributed by atoms with E-state index in [0.717, 1.165) is 57.3 Å². The molecule has 3 aliphatic rings. The lowest BCUT2D eigenvalue weighted by molar-refractivity contribution is -0.129. The van der Waals surface area contributed by atoms with Crippen LogP contribution in [-0.4, -0.2) is 28.9 Å². The van der Waals surface area contributed by atoms with Crippen LogP contribution in [0, 0.1) is 17.3 Å². The van der Waals surface area contributed by atoms with Crippen LogP contribution in [0.15, 0.2) is 12.1 Å². The quantitative estimate of drug-likeness (QED) is 0.777. The van der Waals surface area contributed by atoms with Crippen molar-refractivity contribution in [2.75, 3.05) is 13.1 Å². The van der Waals surface area contributed by atoms with Gasteiger partial charge in [-0.25, -0.2) is 0 Å². The Labute approximate surface area is 169 Å². The highest BCUT2D eigenvalue weighted by atomic mass is 35.5. The molecule has 1 aromatic carbocycles. The van der Waals surface area contributed by atoms with Crippen molar-refractivity contribution < 1.29 is 9.90 Å². The predicted molar refractivity (Wildman–Crippen MR) is 112 cm³/mol. The predicted octanol–water partition coefficient (Wildman–Crippen LogP) is 5.08. The monoisotopic (exact) mass is 391 g/mol. The van der Waals surface area contributed by atoms with Crippen molar-refractivity contribution in [3.63, 3.8) is 0 Å². The number of halogens is 1. The molecule has 4 atom stereocenters. The molecule has 0 radical (unpaired) electrons. The fourth-order valence-corrected chi connectivity index (χ4v) is 6.24. The van der Waals surface area contributed by atoms with E-state index in [1.165, 1.54) is 17.5 Å². The van der Waals surface area contributed by atoms with Crippen LogP contribution in [0.2, 0.25) is 0 Å². The Hall–Kier alpha value is -1.06. The summed E-state index contributed by atoms with van der Waals surface area (Å²) >= 11 is 0. The first kappa shape index (κ1) is 20.7. The Morgan fingerprint density at radius 2 is 1.89 bits per heavy atom. The molecule has 0 aliphatic heterocycles. The molecule has 150 valence electrons. The van der Waals surface area contributed by atoms with Crippen molar-refractivity contribution in [3.8, 4) is 5.75 Å². The minimum atomic E-state index is -0.0559. The molecule has 0 amide bonds. The van der Waals surface area contributed by atoms with Crippen LogP contribution in [-0.2, 0) is 17.8 Å². The standard InChI is InChI=1S/C23H33NO2.ClH/c1-4-24(5-2)14-16-12-19-15(13-21(16)25)6-7-18-17(19)10-11-23(3)20(18)8-9-22(23)26;/h12-13,17-18,20,25H,4-11,14H2,1-3H3;1H/t17-,18+,20-,23-;/m0./s1. The molecule has 4 rings (SSSR count). The summed E-state index contributed by atoms with van der Waals surface area (Å²) in [6.45, 7) is 9.41. The second kappa shape index (κ2) is 7.75. The fraction of sp³-hybridized carbons (Fsp3) is 0.696. The number of hydrogen-bond donors (Lipinski definition) is 1. The molecule has 0 bridgehead atoms. The van der Waals surface area contributed by atoms with Gasteiger partial charge in [0, 0.05) is 23.9 Å². The number of hydrogen-bond acceptors (Lipinski definition) is 3. The third-order valence-corrected chi connectivity index (χ3v) is 7.92. The number of aromatic hydroxyl groups is 1. The van der Waals surface area contributed by atoms with Crippen LogP contribution in [0.1, 0.15) is 75.5 Å². The molecule has 1 N–H and O–H groups in total. The third kappa shape index (κ3) is 3.31. The molecule has 27 heavy (non-hydrogen) atoms. The zero-order chi connectivity index (χ0) is 18.5. The number of aryl methyl sites for hydroxylation is 1. The number of fused-ring (bicyclic) bond motifs is 5. The van der Waals surface area contributed by atoms with E-state index in [9.17, 15) is 9.90 Å². The van der Waals surface area contributed by atoms with E-state index >= 15 is 0 Å². The summed E-state index contributed by atoms with van der Waals surface area (Å²) in [5, 5.41) is 10.6. The van der Waals surface area contributed by atoms with E-state index in [2.05, 4.69) is 31.7 Å². The van der Waals surface area contributed by atoms with Gasteiger partial charge in [0.15, 0.2) is 0 Å². The highest BCUT2D eigenvalue weighted by molar-refractivity contribution is 5.87. The summed E-state index contributed by atoms with van der Waals surface area (Å²) in [6.07, 6.45) is 6.29. The van der Waals surface area contributed by atoms with Crippen molar-refractivity contribution in [1.29, 1.82) is 0 Å². The van der Waals surface area contributed by atoms with Gasteiger partial charge >= 0.3 is 0 Å². The van der Waals surface area contributed by atoms with E-state index in [0.29, 0.717) is 29.3 Å². The Bertz CT molecular complexity index is 715. The van der Waals surface area contributed by atoms with Gasteiger partial charge in [-0.1, -0.05) is 26.8 Å². The molecule has 2 fully saturated rings. The molecule has 0 saturated heterocycles. The maximum Gasteiger partial charge on any atom is 0.139 e. The minimum Gasteiger partial charge on any atom is -0.508 e. The Kier molecular flexibility index (Phi) is 5.93. The summed E-state index contributed by atoms with van der Waals surface area (Å²) in [6, 6.07) is 4.34. The molecule has 1 aromatic rings. The molecule has 0 heterocycles. The molecule has 3 nitrogen and oxygen atoms in total. The Balaban J connectivity index is 0.00000210. The van der Waals surface area contributed by atoms with Crippen LogP contribution < -0.4 is 0 Å². The highest BCUT2D eigenvalue weighted by Gasteiger charge is 2.54. The van der Waals surface area contributed by atoms with E-state index in [4.69, 9.17) is 0 Å². The number of nitrogens with zero attached hydrogens (tertiary/aromatic N) is 1. The third-order valence-electron chi connectivity index (χ3n) is 7.92. The second-order valence-corrected chi connectivity index (χ2v) is 8.97. The molecule has 4 heteroatoms. The number of phenolic OH excluding ortho intramolecular Hbond substituents is 1. The van der Waals surface area contributed by atoms with Gasteiger partial charge in [-0.15, -0.1) is 12.4 Å². The maximum atomic E-state index is 12.5. The van der Waals surface area contributed by atoms with E-state index in [-0.39, 0.29) is 17.8 Å². The Morgan fingerprint density at radius 1 is 1.15 bits per heavy atom. The van der Waals surface area contributed by atoms with Crippen LogP contribution in [0.25, 0.3) is 0 Å².